The molecule has 1 amide bonds. The van der Waals surface area contributed by atoms with Crippen molar-refractivity contribution in [3.63, 3.8) is 0 Å². The van der Waals surface area contributed by atoms with Gasteiger partial charge in [-0.2, -0.15) is 5.10 Å². The summed E-state index contributed by atoms with van der Waals surface area (Å²) in [4.78, 5) is 24.0. The molecule has 0 aliphatic carbocycles. The summed E-state index contributed by atoms with van der Waals surface area (Å²) in [6.45, 7) is 2.17. The van der Waals surface area contributed by atoms with E-state index in [1.807, 2.05) is 62.8 Å². The van der Waals surface area contributed by atoms with Crippen molar-refractivity contribution in [1.29, 1.82) is 0 Å². The van der Waals surface area contributed by atoms with Gasteiger partial charge in [-0.3, -0.25) is 9.48 Å². The van der Waals surface area contributed by atoms with Crippen LogP contribution in [0.4, 0.5) is 11.5 Å². The molecule has 0 bridgehead atoms. The molecule has 174 valence electrons. The van der Waals surface area contributed by atoms with E-state index in [1.165, 1.54) is 6.20 Å². The molecule has 1 aliphatic heterocycles. The van der Waals surface area contributed by atoms with Gasteiger partial charge in [0.05, 0.1) is 23.6 Å². The van der Waals surface area contributed by atoms with Crippen molar-refractivity contribution in [3.8, 4) is 5.75 Å². The Balaban J connectivity index is 1.35. The first-order valence-corrected chi connectivity index (χ1v) is 11.3. The zero-order valence-corrected chi connectivity index (χ0v) is 19.2. The Morgan fingerprint density at radius 3 is 2.76 bits per heavy atom. The average molecular weight is 458 g/mol. The molecule has 9 nitrogen and oxygen atoms in total. The molecule has 9 heteroatoms. The fraction of sp³-hybridized carbons (Fsp3) is 0.280. The van der Waals surface area contributed by atoms with E-state index >= 15 is 0 Å². The van der Waals surface area contributed by atoms with Crippen LogP contribution in [0, 0.1) is 0 Å². The molecule has 0 radical (unpaired) electrons. The third kappa shape index (κ3) is 4.69. The van der Waals surface area contributed by atoms with Crippen molar-refractivity contribution < 1.29 is 9.53 Å². The van der Waals surface area contributed by atoms with Gasteiger partial charge in [-0.15, -0.1) is 0 Å². The Morgan fingerprint density at radius 1 is 1.18 bits per heavy atom. The number of aryl methyl sites for hydroxylation is 1. The van der Waals surface area contributed by atoms with Crippen LogP contribution >= 0.6 is 0 Å². The minimum atomic E-state index is -0.346. The number of likely N-dealkylation sites (N-methyl/N-ethyl adjacent to an activating group) is 1. The maximum atomic E-state index is 13.0. The number of carbonyl (C=O) groups is 1. The van der Waals surface area contributed by atoms with Gasteiger partial charge in [0, 0.05) is 43.8 Å². The molecule has 1 aliphatic rings. The number of amides is 1. The number of nitrogens with one attached hydrogen (secondary N) is 2. The fourth-order valence-corrected chi connectivity index (χ4v) is 4.12. The molecule has 2 aromatic heterocycles. The predicted octanol–water partition coefficient (Wildman–Crippen LogP) is 2.99. The first-order valence-electron chi connectivity index (χ1n) is 11.3. The number of rotatable bonds is 7. The van der Waals surface area contributed by atoms with Crippen LogP contribution in [0.1, 0.15) is 22.5 Å². The average Bonchev–Trinajstić information content (AvgIpc) is 3.49. The molecule has 0 saturated carbocycles. The van der Waals surface area contributed by atoms with Crippen molar-refractivity contribution in [2.45, 2.75) is 19.1 Å². The van der Waals surface area contributed by atoms with Crippen LogP contribution in [0.15, 0.2) is 61.1 Å². The lowest BCUT2D eigenvalue weighted by molar-refractivity contribution is 0.102. The highest BCUT2D eigenvalue weighted by Gasteiger charge is 2.22. The normalized spacial score (nSPS) is 15.6. The molecular formula is C25H27N7O2. The minimum absolute atomic E-state index is 0.244. The first-order chi connectivity index (χ1) is 16.6. The largest absolute Gasteiger partial charge is 0.487 e. The summed E-state index contributed by atoms with van der Waals surface area (Å²) in [6.07, 6.45) is 6.13. The third-order valence-corrected chi connectivity index (χ3v) is 6.00. The molecule has 3 heterocycles. The first kappa shape index (κ1) is 21.8. The maximum absolute atomic E-state index is 13.0. The quantitative estimate of drug-likeness (QED) is 0.440. The molecule has 34 heavy (non-hydrogen) atoms. The van der Waals surface area contributed by atoms with Gasteiger partial charge < -0.3 is 20.3 Å². The van der Waals surface area contributed by atoms with Crippen LogP contribution in [-0.4, -0.2) is 51.8 Å². The highest BCUT2D eigenvalue weighted by molar-refractivity contribution is 6.04. The van der Waals surface area contributed by atoms with Crippen LogP contribution in [0.2, 0.25) is 0 Å². The summed E-state index contributed by atoms with van der Waals surface area (Å²) < 4.78 is 7.81. The molecule has 2 aromatic carbocycles. The number of carbonyl (C=O) groups excluding carboxylic acids is 1. The van der Waals surface area contributed by atoms with Gasteiger partial charge in [-0.25, -0.2) is 9.97 Å². The summed E-state index contributed by atoms with van der Waals surface area (Å²) in [6, 6.07) is 14.0. The van der Waals surface area contributed by atoms with Crippen LogP contribution in [-0.2, 0) is 13.7 Å². The highest BCUT2D eigenvalue weighted by atomic mass is 16.5. The van der Waals surface area contributed by atoms with Gasteiger partial charge in [0.15, 0.2) is 0 Å². The van der Waals surface area contributed by atoms with Crippen LogP contribution in [0.5, 0.6) is 5.75 Å². The molecule has 1 saturated heterocycles. The van der Waals surface area contributed by atoms with Crippen molar-refractivity contribution in [3.05, 3.63) is 72.3 Å². The lowest BCUT2D eigenvalue weighted by atomic mass is 10.2. The van der Waals surface area contributed by atoms with Crippen molar-refractivity contribution >= 4 is 28.3 Å². The summed E-state index contributed by atoms with van der Waals surface area (Å²) in [5.74, 6) is 0.975. The Labute approximate surface area is 197 Å². The molecule has 4 aromatic rings. The number of aromatic nitrogens is 4. The number of hydrogen-bond acceptors (Lipinski definition) is 7. The summed E-state index contributed by atoms with van der Waals surface area (Å²) >= 11 is 0. The Bertz CT molecular complexity index is 1290. The maximum Gasteiger partial charge on any atom is 0.275 e. The summed E-state index contributed by atoms with van der Waals surface area (Å²) in [5, 5.41) is 11.6. The number of nitrogens with zero attached hydrogens (tertiary/aromatic N) is 5. The number of ether oxygens (including phenoxy) is 1. The second-order valence-corrected chi connectivity index (χ2v) is 8.42. The lowest BCUT2D eigenvalue weighted by Crippen LogP contribution is -2.30. The monoisotopic (exact) mass is 457 g/mol. The minimum Gasteiger partial charge on any atom is -0.487 e. The second-order valence-electron chi connectivity index (χ2n) is 8.42. The second kappa shape index (κ2) is 9.48. The zero-order valence-electron chi connectivity index (χ0n) is 19.2. The van der Waals surface area contributed by atoms with Gasteiger partial charge in [0.1, 0.15) is 23.9 Å². The SMILES string of the molecule is CNC1CCN(c2cnc(C(=O)Nc3cc4cn(C)nc4cc3OCc3ccccc3)cn2)C1. The van der Waals surface area contributed by atoms with E-state index in [0.29, 0.717) is 24.1 Å². The van der Waals surface area contributed by atoms with E-state index in [-0.39, 0.29) is 11.6 Å². The van der Waals surface area contributed by atoms with Crippen molar-refractivity contribution in [1.82, 2.24) is 25.1 Å². The number of benzene rings is 2. The van der Waals surface area contributed by atoms with E-state index < -0.39 is 0 Å². The van der Waals surface area contributed by atoms with E-state index in [0.717, 1.165) is 41.8 Å². The smallest absolute Gasteiger partial charge is 0.275 e. The predicted molar refractivity (Wildman–Crippen MR) is 131 cm³/mol. The Morgan fingerprint density at radius 2 is 2.03 bits per heavy atom. The van der Waals surface area contributed by atoms with E-state index in [1.54, 1.807) is 10.9 Å². The van der Waals surface area contributed by atoms with Crippen molar-refractivity contribution in [2.24, 2.45) is 7.05 Å². The van der Waals surface area contributed by atoms with Crippen LogP contribution in [0.25, 0.3) is 10.9 Å². The molecule has 2 N–H and O–H groups in total. The lowest BCUT2D eigenvalue weighted by Gasteiger charge is -2.17. The zero-order chi connectivity index (χ0) is 23.5. The number of hydrogen-bond donors (Lipinski definition) is 2. The number of anilines is 2. The van der Waals surface area contributed by atoms with Gasteiger partial charge in [0.2, 0.25) is 0 Å². The van der Waals surface area contributed by atoms with E-state index in [2.05, 4.69) is 30.6 Å². The molecule has 1 atom stereocenters. The third-order valence-electron chi connectivity index (χ3n) is 6.00. The van der Waals surface area contributed by atoms with E-state index in [9.17, 15) is 4.79 Å². The molecule has 1 unspecified atom stereocenters. The van der Waals surface area contributed by atoms with Gasteiger partial charge in [-0.05, 0) is 25.1 Å². The molecule has 5 rings (SSSR count). The molecule has 0 spiro atoms. The molecular weight excluding hydrogens is 430 g/mol. The van der Waals surface area contributed by atoms with Crippen LogP contribution in [0.3, 0.4) is 0 Å². The molecule has 1 fully saturated rings. The summed E-state index contributed by atoms with van der Waals surface area (Å²) in [5.41, 5.74) is 2.63. The van der Waals surface area contributed by atoms with Crippen LogP contribution < -0.4 is 20.3 Å². The van der Waals surface area contributed by atoms with Gasteiger partial charge in [0.25, 0.3) is 5.91 Å². The topological polar surface area (TPSA) is 97.2 Å². The van der Waals surface area contributed by atoms with E-state index in [4.69, 9.17) is 4.74 Å². The van der Waals surface area contributed by atoms with Gasteiger partial charge >= 0.3 is 0 Å². The number of fused-ring (bicyclic) bond motifs is 1. The van der Waals surface area contributed by atoms with Gasteiger partial charge in [-0.1, -0.05) is 30.3 Å². The summed E-state index contributed by atoms with van der Waals surface area (Å²) in [7, 11) is 3.83. The standard InChI is InChI=1S/C25H27N7O2/c1-26-19-8-9-32(15-19)24-13-27-22(12-28-24)25(33)29-21-10-18-14-31(2)30-20(18)11-23(21)34-16-17-6-4-3-5-7-17/h3-7,10-14,19,26H,8-9,15-16H2,1-2H3,(H,29,33). The highest BCUT2D eigenvalue weighted by Crippen LogP contribution is 2.31. The van der Waals surface area contributed by atoms with Crippen molar-refractivity contribution in [2.75, 3.05) is 30.4 Å². The Hall–Kier alpha value is -3.98. The fourth-order valence-electron chi connectivity index (χ4n) is 4.12. The Kier molecular flexibility index (Phi) is 6.09.